The highest BCUT2D eigenvalue weighted by Gasteiger charge is 2.25. The number of aliphatic hydroxyl groups is 2. The van der Waals surface area contributed by atoms with Crippen molar-refractivity contribution in [3.8, 4) is 23.7 Å². The molecule has 37 heavy (non-hydrogen) atoms. The van der Waals surface area contributed by atoms with Crippen LogP contribution in [0.5, 0.6) is 0 Å². The van der Waals surface area contributed by atoms with E-state index in [0.29, 0.717) is 17.7 Å². The molecule has 0 aliphatic carbocycles. The van der Waals surface area contributed by atoms with Crippen LogP contribution in [0.2, 0.25) is 0 Å². The number of hydrogen-bond acceptors (Lipinski definition) is 8. The normalized spacial score (nSPS) is 13.4. The van der Waals surface area contributed by atoms with Crippen molar-refractivity contribution in [1.29, 1.82) is 0 Å². The minimum absolute atomic E-state index is 0.236. The van der Waals surface area contributed by atoms with E-state index < -0.39 is 42.0 Å². The summed E-state index contributed by atoms with van der Waals surface area (Å²) in [6, 6.07) is 11.1. The number of aliphatic hydroxyl groups excluding tert-OH is 2. The van der Waals surface area contributed by atoms with Gasteiger partial charge in [-0.3, -0.25) is 30.1 Å². The summed E-state index contributed by atoms with van der Waals surface area (Å²) in [5, 5.41) is 41.9. The fourth-order valence-corrected chi connectivity index (χ4v) is 3.10. The summed E-state index contributed by atoms with van der Waals surface area (Å²) in [5.74, 6) is 8.94. The van der Waals surface area contributed by atoms with Crippen molar-refractivity contribution < 1.29 is 35.0 Å². The molecule has 0 saturated heterocycles. The quantitative estimate of drug-likeness (QED) is 0.126. The van der Waals surface area contributed by atoms with Crippen LogP contribution in [0.15, 0.2) is 48.5 Å². The second kappa shape index (κ2) is 14.4. The molecule has 0 unspecified atom stereocenters. The minimum atomic E-state index is -1.31. The van der Waals surface area contributed by atoms with Gasteiger partial charge in [0.05, 0.1) is 12.2 Å². The Bertz CT molecular complexity index is 1200. The summed E-state index contributed by atoms with van der Waals surface area (Å²) in [7, 11) is 0. The Morgan fingerprint density at radius 1 is 0.757 bits per heavy atom. The van der Waals surface area contributed by atoms with Crippen LogP contribution in [0.3, 0.4) is 0 Å². The molecule has 2 aromatic carbocycles. The minimum Gasteiger partial charge on any atom is -0.391 e. The van der Waals surface area contributed by atoms with Crippen molar-refractivity contribution in [2.75, 3.05) is 0 Å². The first-order chi connectivity index (χ1) is 17.7. The second-order valence-electron chi connectivity index (χ2n) is 8.02. The summed E-state index contributed by atoms with van der Waals surface area (Å²) in [6.45, 7) is 3.04. The van der Waals surface area contributed by atoms with Gasteiger partial charge >= 0.3 is 0 Å². The predicted molar refractivity (Wildman–Crippen MR) is 132 cm³/mol. The Kier molecular flexibility index (Phi) is 11.3. The molecule has 0 spiro atoms. The Morgan fingerprint density at radius 2 is 1.22 bits per heavy atom. The highest BCUT2D eigenvalue weighted by molar-refractivity contribution is 5.97. The van der Waals surface area contributed by atoms with Gasteiger partial charge in [0.2, 0.25) is 0 Å². The molecule has 2 rings (SSSR count). The van der Waals surface area contributed by atoms with E-state index in [1.165, 1.54) is 36.9 Å². The lowest BCUT2D eigenvalue weighted by molar-refractivity contribution is -0.134. The molecule has 0 fully saturated rings. The van der Waals surface area contributed by atoms with Crippen LogP contribution in [0.1, 0.15) is 40.9 Å². The van der Waals surface area contributed by atoms with Crippen LogP contribution in [0, 0.1) is 23.7 Å². The maximum Gasteiger partial charge on any atom is 0.268 e. The zero-order valence-electron chi connectivity index (χ0n) is 20.1. The fraction of sp³-hybridized carbons (Fsp3) is 0.269. The maximum atomic E-state index is 12.3. The van der Waals surface area contributed by atoms with Crippen LogP contribution in [0.4, 0.5) is 0 Å². The monoisotopic (exact) mass is 508 g/mol. The molecule has 0 aromatic heterocycles. The van der Waals surface area contributed by atoms with Gasteiger partial charge in [-0.05, 0) is 67.6 Å². The van der Waals surface area contributed by atoms with Crippen LogP contribution >= 0.6 is 0 Å². The lowest BCUT2D eigenvalue weighted by Crippen LogP contribution is -2.51. The maximum absolute atomic E-state index is 12.3. The van der Waals surface area contributed by atoms with Crippen LogP contribution in [0.25, 0.3) is 0 Å². The molecular weight excluding hydrogens is 480 g/mol. The van der Waals surface area contributed by atoms with Gasteiger partial charge in [0.1, 0.15) is 12.1 Å². The number of hydrogen-bond donors (Lipinski definition) is 8. The van der Waals surface area contributed by atoms with Crippen LogP contribution in [-0.2, 0) is 16.1 Å². The number of nitrogens with one attached hydrogen (secondary N) is 4. The number of amides is 3. The molecule has 0 saturated carbocycles. The summed E-state index contributed by atoms with van der Waals surface area (Å²) in [4.78, 5) is 35.4. The van der Waals surface area contributed by atoms with Gasteiger partial charge in [-0.2, -0.15) is 0 Å². The van der Waals surface area contributed by atoms with E-state index >= 15 is 0 Å². The molecule has 0 aliphatic rings. The molecule has 11 heteroatoms. The molecule has 8 N–H and O–H groups in total. The van der Waals surface area contributed by atoms with Crippen molar-refractivity contribution >= 4 is 17.7 Å². The van der Waals surface area contributed by atoms with Gasteiger partial charge in [0, 0.05) is 23.2 Å². The first-order valence-electron chi connectivity index (χ1n) is 11.2. The lowest BCUT2D eigenvalue weighted by Gasteiger charge is -2.19. The topological polar surface area (TPSA) is 180 Å². The Morgan fingerprint density at radius 3 is 1.68 bits per heavy atom. The van der Waals surface area contributed by atoms with Gasteiger partial charge < -0.3 is 15.5 Å². The third-order valence-corrected chi connectivity index (χ3v) is 5.14. The molecule has 0 aliphatic heterocycles. The number of carbonyl (C=O) groups is 3. The van der Waals surface area contributed by atoms with Crippen LogP contribution < -0.4 is 21.6 Å². The van der Waals surface area contributed by atoms with E-state index in [1.807, 2.05) is 0 Å². The summed E-state index contributed by atoms with van der Waals surface area (Å²) in [5.41, 5.74) is 5.31. The molecule has 0 radical (unpaired) electrons. The van der Waals surface area contributed by atoms with Crippen molar-refractivity contribution in [2.24, 2.45) is 0 Å². The Labute approximate surface area is 213 Å². The fourth-order valence-electron chi connectivity index (χ4n) is 3.10. The van der Waals surface area contributed by atoms with Gasteiger partial charge in [0.25, 0.3) is 17.7 Å². The van der Waals surface area contributed by atoms with Gasteiger partial charge in [-0.1, -0.05) is 24.0 Å². The first kappa shape index (κ1) is 29.0. The van der Waals surface area contributed by atoms with Crippen molar-refractivity contribution in [3.63, 3.8) is 0 Å². The van der Waals surface area contributed by atoms with E-state index in [4.69, 9.17) is 10.4 Å². The number of benzene rings is 2. The molecule has 0 bridgehead atoms. The van der Waals surface area contributed by atoms with E-state index in [1.54, 1.807) is 36.4 Å². The van der Waals surface area contributed by atoms with Crippen molar-refractivity contribution in [1.82, 2.24) is 21.6 Å². The molecule has 4 atom stereocenters. The molecule has 0 heterocycles. The Balaban J connectivity index is 1.95. The predicted octanol–water partition coefficient (Wildman–Crippen LogP) is -0.581. The van der Waals surface area contributed by atoms with E-state index in [0.717, 1.165) is 5.56 Å². The third kappa shape index (κ3) is 9.05. The molecule has 2 aromatic rings. The molecule has 11 nitrogen and oxygen atoms in total. The average Bonchev–Trinajstić information content (AvgIpc) is 2.89. The molecular formula is C26H28N4O7. The number of carbonyl (C=O) groups excluding carboxylic acids is 3. The van der Waals surface area contributed by atoms with E-state index in [2.05, 4.69) is 34.3 Å². The van der Waals surface area contributed by atoms with Gasteiger partial charge in [-0.25, -0.2) is 11.0 Å². The first-order valence-corrected chi connectivity index (χ1v) is 11.2. The van der Waals surface area contributed by atoms with Crippen LogP contribution in [-0.4, -0.2) is 62.6 Å². The summed E-state index contributed by atoms with van der Waals surface area (Å²) < 4.78 is 0. The largest absolute Gasteiger partial charge is 0.391 e. The van der Waals surface area contributed by atoms with E-state index in [9.17, 15) is 24.6 Å². The van der Waals surface area contributed by atoms with E-state index in [-0.39, 0.29) is 5.56 Å². The number of hydroxylamine groups is 2. The highest BCUT2D eigenvalue weighted by Crippen LogP contribution is 2.06. The van der Waals surface area contributed by atoms with Gasteiger partial charge in [0.15, 0.2) is 0 Å². The highest BCUT2D eigenvalue weighted by atomic mass is 16.5. The second-order valence-corrected chi connectivity index (χ2v) is 8.02. The molecule has 3 amide bonds. The summed E-state index contributed by atoms with van der Waals surface area (Å²) >= 11 is 0. The Hall–Kier alpha value is -4.23. The average molecular weight is 509 g/mol. The zero-order chi connectivity index (χ0) is 27.4. The smallest absolute Gasteiger partial charge is 0.268 e. The molecule has 194 valence electrons. The standard InChI is InChI=1S/C26H28N4O7/c1-16(31)22(25(34)29-36)27-15-20-9-7-18(8-10-20)5-3-4-6-19-11-13-21(14-12-19)24(33)28-23(17(2)32)26(35)30-37/h7-14,16-17,22-23,27,31-32,36-37H,15H2,1-2H3,(H,28,33)(H,29,34)(H,30,35)/t16-,17-,22+,23+/m1/s1. The number of rotatable bonds is 9. The summed E-state index contributed by atoms with van der Waals surface area (Å²) in [6.07, 6.45) is -2.21. The lowest BCUT2D eigenvalue weighted by atomic mass is 10.1. The van der Waals surface area contributed by atoms with Crippen molar-refractivity contribution in [2.45, 2.75) is 44.7 Å². The zero-order valence-corrected chi connectivity index (χ0v) is 20.1. The van der Waals surface area contributed by atoms with Gasteiger partial charge in [-0.15, -0.1) is 0 Å². The SMILES string of the molecule is C[C@@H](O)[C@H](NCc1ccc(C#CC#Cc2ccc(C(=O)N[C@H](C(=O)NO)[C@@H](C)O)cc2)cc1)C(=O)NO. The van der Waals surface area contributed by atoms with Crippen molar-refractivity contribution in [3.05, 3.63) is 70.8 Å². The third-order valence-electron chi connectivity index (χ3n) is 5.14.